The number of likely N-dealkylation sites (tertiary alicyclic amines) is 1. The first-order chi connectivity index (χ1) is 13.7. The van der Waals surface area contributed by atoms with Crippen molar-refractivity contribution in [1.29, 1.82) is 0 Å². The third kappa shape index (κ3) is 4.79. The van der Waals surface area contributed by atoms with Gasteiger partial charge in [0, 0.05) is 58.7 Å². The average Bonchev–Trinajstić information content (AvgIpc) is 3.47. The summed E-state index contributed by atoms with van der Waals surface area (Å²) in [5, 5.41) is 0.939. The monoisotopic (exact) mass is 403 g/mol. The van der Waals surface area contributed by atoms with Gasteiger partial charge in [0.05, 0.1) is 5.75 Å². The molecule has 0 spiro atoms. The van der Waals surface area contributed by atoms with Crippen LogP contribution >= 0.6 is 11.8 Å². The van der Waals surface area contributed by atoms with Crippen molar-refractivity contribution in [1.82, 2.24) is 24.3 Å². The van der Waals surface area contributed by atoms with Gasteiger partial charge < -0.3 is 18.8 Å². The van der Waals surface area contributed by atoms with E-state index < -0.39 is 0 Å². The lowest BCUT2D eigenvalue weighted by Gasteiger charge is -2.35. The number of piperazine rings is 1. The summed E-state index contributed by atoms with van der Waals surface area (Å²) < 4.78 is 7.78. The smallest absolute Gasteiger partial charge is 0.289 e. The summed E-state index contributed by atoms with van der Waals surface area (Å²) in [4.78, 5) is 24.0. The second-order valence-corrected chi connectivity index (χ2v) is 8.50. The van der Waals surface area contributed by atoms with Crippen LogP contribution in [0.1, 0.15) is 29.2 Å². The first kappa shape index (κ1) is 19.5. The Balaban J connectivity index is 1.22. The Morgan fingerprint density at radius 2 is 1.79 bits per heavy atom. The van der Waals surface area contributed by atoms with Crippen molar-refractivity contribution in [3.05, 3.63) is 36.0 Å². The molecule has 4 rings (SSSR count). The summed E-state index contributed by atoms with van der Waals surface area (Å²) in [5.74, 6) is 1.93. The number of aryl methyl sites for hydroxylation is 1. The lowest BCUT2D eigenvalue weighted by Crippen LogP contribution is -2.50. The first-order valence-corrected chi connectivity index (χ1v) is 11.1. The van der Waals surface area contributed by atoms with Crippen molar-refractivity contribution in [2.75, 3.05) is 52.4 Å². The zero-order chi connectivity index (χ0) is 19.3. The zero-order valence-electron chi connectivity index (χ0n) is 16.5. The van der Waals surface area contributed by atoms with Gasteiger partial charge in [0.1, 0.15) is 5.76 Å². The molecule has 0 aromatic carbocycles. The molecule has 4 heterocycles. The second-order valence-electron chi connectivity index (χ2n) is 7.56. The molecule has 152 valence electrons. The van der Waals surface area contributed by atoms with E-state index in [-0.39, 0.29) is 5.91 Å². The number of imidazole rings is 1. The molecule has 2 saturated heterocycles. The molecule has 8 heteroatoms. The van der Waals surface area contributed by atoms with Crippen molar-refractivity contribution in [2.45, 2.75) is 23.8 Å². The van der Waals surface area contributed by atoms with Crippen molar-refractivity contribution in [2.24, 2.45) is 7.05 Å². The molecule has 0 atom stereocenters. The van der Waals surface area contributed by atoms with Crippen LogP contribution in [0.3, 0.4) is 0 Å². The molecule has 0 aliphatic carbocycles. The third-order valence-electron chi connectivity index (χ3n) is 5.58. The summed E-state index contributed by atoms with van der Waals surface area (Å²) >= 11 is 1.61. The van der Waals surface area contributed by atoms with Crippen LogP contribution < -0.4 is 0 Å². The van der Waals surface area contributed by atoms with Crippen LogP contribution in [0.2, 0.25) is 0 Å². The molecule has 2 aromatic heterocycles. The minimum atomic E-state index is 0.00688. The Hall–Kier alpha value is -1.77. The number of carbonyl (C=O) groups excluding carboxylic acids is 1. The molecule has 0 bridgehead atoms. The van der Waals surface area contributed by atoms with Crippen LogP contribution in [0.5, 0.6) is 0 Å². The van der Waals surface area contributed by atoms with E-state index in [0.29, 0.717) is 11.5 Å². The van der Waals surface area contributed by atoms with Gasteiger partial charge in [-0.3, -0.25) is 9.69 Å². The van der Waals surface area contributed by atoms with Gasteiger partial charge in [-0.2, -0.15) is 0 Å². The number of hydrogen-bond acceptors (Lipinski definition) is 6. The van der Waals surface area contributed by atoms with Crippen molar-refractivity contribution in [3.8, 4) is 0 Å². The highest BCUT2D eigenvalue weighted by Crippen LogP contribution is 2.22. The van der Waals surface area contributed by atoms with Gasteiger partial charge in [0.25, 0.3) is 5.91 Å². The van der Waals surface area contributed by atoms with Gasteiger partial charge in [-0.1, -0.05) is 11.8 Å². The SMILES string of the molecule is Cn1ccnc1SCc1ccc(C(=O)N2CCN(CCN3CCCC3)CC2)o1. The molecule has 2 aliphatic heterocycles. The van der Waals surface area contributed by atoms with Crippen LogP contribution in [0.4, 0.5) is 0 Å². The van der Waals surface area contributed by atoms with Crippen molar-refractivity contribution < 1.29 is 9.21 Å². The first-order valence-electron chi connectivity index (χ1n) is 10.1. The molecular formula is C20H29N5O2S. The fraction of sp³-hybridized carbons (Fsp3) is 0.600. The lowest BCUT2D eigenvalue weighted by molar-refractivity contribution is 0.0595. The summed E-state index contributed by atoms with van der Waals surface area (Å²) in [6.45, 7) is 8.20. The number of nitrogens with zero attached hydrogens (tertiary/aromatic N) is 5. The maximum atomic E-state index is 12.8. The Bertz CT molecular complexity index is 775. The number of aromatic nitrogens is 2. The topological polar surface area (TPSA) is 57.8 Å². The van der Waals surface area contributed by atoms with Gasteiger partial charge in [0.15, 0.2) is 10.9 Å². The molecule has 1 amide bonds. The Labute approximate surface area is 170 Å². The largest absolute Gasteiger partial charge is 0.455 e. The Morgan fingerprint density at radius 3 is 2.46 bits per heavy atom. The number of amides is 1. The van der Waals surface area contributed by atoms with Crippen LogP contribution in [0, 0.1) is 0 Å². The van der Waals surface area contributed by atoms with E-state index in [9.17, 15) is 4.79 Å². The maximum absolute atomic E-state index is 12.8. The van der Waals surface area contributed by atoms with Crippen LogP contribution in [-0.2, 0) is 12.8 Å². The highest BCUT2D eigenvalue weighted by Gasteiger charge is 2.24. The zero-order valence-corrected chi connectivity index (χ0v) is 17.4. The van der Waals surface area contributed by atoms with Crippen molar-refractivity contribution >= 4 is 17.7 Å². The number of hydrogen-bond donors (Lipinski definition) is 0. The summed E-state index contributed by atoms with van der Waals surface area (Å²) in [6.07, 6.45) is 6.38. The number of carbonyl (C=O) groups is 1. The highest BCUT2D eigenvalue weighted by atomic mass is 32.2. The Kier molecular flexibility index (Phi) is 6.39. The summed E-state index contributed by atoms with van der Waals surface area (Å²) in [6, 6.07) is 3.70. The minimum absolute atomic E-state index is 0.00688. The molecular weight excluding hydrogens is 374 g/mol. The van der Waals surface area contributed by atoms with Crippen molar-refractivity contribution in [3.63, 3.8) is 0 Å². The van der Waals surface area contributed by atoms with Gasteiger partial charge in [-0.05, 0) is 38.1 Å². The van der Waals surface area contributed by atoms with Crippen LogP contribution in [0.15, 0.2) is 34.1 Å². The molecule has 2 aromatic rings. The van der Waals surface area contributed by atoms with Gasteiger partial charge in [-0.25, -0.2) is 4.98 Å². The number of rotatable bonds is 7. The molecule has 2 aliphatic rings. The fourth-order valence-corrected chi connectivity index (χ4v) is 4.64. The maximum Gasteiger partial charge on any atom is 0.289 e. The normalized spacial score (nSPS) is 18.8. The standard InChI is InChI=1S/C20H29N5O2S/c1-22-9-6-21-20(22)28-16-17-4-5-18(27-17)19(26)25-14-12-24(13-15-25)11-10-23-7-2-3-8-23/h4-6,9H,2-3,7-8,10-16H2,1H3. The van der Waals surface area contributed by atoms with E-state index in [4.69, 9.17) is 4.42 Å². The Morgan fingerprint density at radius 1 is 1.07 bits per heavy atom. The number of furan rings is 1. The molecule has 0 saturated carbocycles. The van der Waals surface area contributed by atoms with Gasteiger partial charge in [-0.15, -0.1) is 0 Å². The lowest BCUT2D eigenvalue weighted by atomic mass is 10.3. The molecule has 7 nitrogen and oxygen atoms in total. The molecule has 0 unspecified atom stereocenters. The molecule has 28 heavy (non-hydrogen) atoms. The fourth-order valence-electron chi connectivity index (χ4n) is 3.82. The van der Waals surface area contributed by atoms with Gasteiger partial charge >= 0.3 is 0 Å². The molecule has 0 N–H and O–H groups in total. The van der Waals surface area contributed by atoms with E-state index in [1.54, 1.807) is 24.0 Å². The van der Waals surface area contributed by atoms with E-state index in [2.05, 4.69) is 14.8 Å². The predicted molar refractivity (Wildman–Crippen MR) is 109 cm³/mol. The molecule has 0 radical (unpaired) electrons. The number of thioether (sulfide) groups is 1. The minimum Gasteiger partial charge on any atom is -0.455 e. The van der Waals surface area contributed by atoms with Gasteiger partial charge in [0.2, 0.25) is 0 Å². The quantitative estimate of drug-likeness (QED) is 0.661. The van der Waals surface area contributed by atoms with E-state index in [1.807, 2.05) is 28.8 Å². The van der Waals surface area contributed by atoms with E-state index >= 15 is 0 Å². The summed E-state index contributed by atoms with van der Waals surface area (Å²) in [7, 11) is 1.97. The average molecular weight is 404 g/mol. The van der Waals surface area contributed by atoms with E-state index in [1.165, 1.54) is 25.9 Å². The van der Waals surface area contributed by atoms with Crippen LogP contribution in [-0.4, -0.2) is 82.5 Å². The van der Waals surface area contributed by atoms with E-state index in [0.717, 1.165) is 50.2 Å². The second kappa shape index (κ2) is 9.15. The highest BCUT2D eigenvalue weighted by molar-refractivity contribution is 7.98. The predicted octanol–water partition coefficient (Wildman–Crippen LogP) is 2.16. The third-order valence-corrected chi connectivity index (χ3v) is 6.66. The summed E-state index contributed by atoms with van der Waals surface area (Å²) in [5.41, 5.74) is 0. The molecule has 2 fully saturated rings. The van der Waals surface area contributed by atoms with Crippen LogP contribution in [0.25, 0.3) is 0 Å².